The molecule has 0 bridgehead atoms. The van der Waals surface area contributed by atoms with Crippen molar-refractivity contribution in [2.45, 2.75) is 6.42 Å². The van der Waals surface area contributed by atoms with Gasteiger partial charge in [0.15, 0.2) is 0 Å². The number of esters is 1. The molecule has 0 aliphatic carbocycles. The number of rotatable bonds is 3. The molecule has 4 nitrogen and oxygen atoms in total. The van der Waals surface area contributed by atoms with Crippen molar-refractivity contribution >= 4 is 23.1 Å². The zero-order valence-corrected chi connectivity index (χ0v) is 12.2. The first-order chi connectivity index (χ1) is 10.2. The van der Waals surface area contributed by atoms with E-state index in [0.717, 1.165) is 16.9 Å². The Kier molecular flexibility index (Phi) is 3.62. The number of carbonyl (C=O) groups is 1. The topological polar surface area (TPSA) is 43.6 Å². The van der Waals surface area contributed by atoms with Crippen molar-refractivity contribution in [2.75, 3.05) is 7.11 Å². The molecule has 0 atom stereocenters. The van der Waals surface area contributed by atoms with Crippen LogP contribution in [-0.2, 0) is 11.2 Å². The Morgan fingerprint density at radius 3 is 2.95 bits per heavy atom. The van der Waals surface area contributed by atoms with E-state index in [9.17, 15) is 4.79 Å². The molecule has 0 saturated carbocycles. The van der Waals surface area contributed by atoms with Gasteiger partial charge in [0.1, 0.15) is 5.82 Å². The van der Waals surface area contributed by atoms with Crippen LogP contribution in [0.5, 0.6) is 0 Å². The molecule has 3 aromatic rings. The summed E-state index contributed by atoms with van der Waals surface area (Å²) in [6, 6.07) is 11.2. The second-order valence-corrected chi connectivity index (χ2v) is 5.12. The molecular formula is C16H13ClN2O2. The van der Waals surface area contributed by atoms with Gasteiger partial charge in [-0.2, -0.15) is 0 Å². The van der Waals surface area contributed by atoms with Gasteiger partial charge in [-0.25, -0.2) is 9.78 Å². The first-order valence-corrected chi connectivity index (χ1v) is 6.84. The van der Waals surface area contributed by atoms with E-state index in [2.05, 4.69) is 4.98 Å². The minimum absolute atomic E-state index is 0.352. The summed E-state index contributed by atoms with van der Waals surface area (Å²) >= 11 is 6.00. The minimum atomic E-state index is -0.352. The lowest BCUT2D eigenvalue weighted by atomic mass is 10.1. The molecule has 0 amide bonds. The van der Waals surface area contributed by atoms with Crippen molar-refractivity contribution < 1.29 is 9.53 Å². The third kappa shape index (κ3) is 2.76. The molecule has 106 valence electrons. The second-order valence-electron chi connectivity index (χ2n) is 4.68. The fourth-order valence-electron chi connectivity index (χ4n) is 2.26. The third-order valence-corrected chi connectivity index (χ3v) is 3.52. The van der Waals surface area contributed by atoms with E-state index < -0.39 is 0 Å². The lowest BCUT2D eigenvalue weighted by molar-refractivity contribution is 0.0600. The van der Waals surface area contributed by atoms with Gasteiger partial charge in [-0.1, -0.05) is 23.7 Å². The summed E-state index contributed by atoms with van der Waals surface area (Å²) < 4.78 is 6.67. The maximum Gasteiger partial charge on any atom is 0.337 e. The summed E-state index contributed by atoms with van der Waals surface area (Å²) in [6.45, 7) is 0. The van der Waals surface area contributed by atoms with E-state index in [4.69, 9.17) is 16.3 Å². The average molecular weight is 301 g/mol. The largest absolute Gasteiger partial charge is 0.465 e. The Morgan fingerprint density at radius 2 is 2.19 bits per heavy atom. The fourth-order valence-corrected chi connectivity index (χ4v) is 2.47. The highest BCUT2D eigenvalue weighted by Crippen LogP contribution is 2.16. The highest BCUT2D eigenvalue weighted by atomic mass is 35.5. The zero-order chi connectivity index (χ0) is 14.8. The minimum Gasteiger partial charge on any atom is -0.465 e. The number of benzene rings is 1. The summed E-state index contributed by atoms with van der Waals surface area (Å²) in [5.74, 6) is 0.541. The van der Waals surface area contributed by atoms with Gasteiger partial charge in [0, 0.05) is 17.6 Å². The SMILES string of the molecule is COC(=O)c1ccn2c(Cc3cccc(Cl)c3)ncc2c1. The quantitative estimate of drug-likeness (QED) is 0.697. The van der Waals surface area contributed by atoms with Crippen LogP contribution in [0.15, 0.2) is 48.8 Å². The molecular weight excluding hydrogens is 288 g/mol. The van der Waals surface area contributed by atoms with Gasteiger partial charge in [-0.15, -0.1) is 0 Å². The zero-order valence-electron chi connectivity index (χ0n) is 11.4. The summed E-state index contributed by atoms with van der Waals surface area (Å²) in [7, 11) is 1.37. The van der Waals surface area contributed by atoms with E-state index in [0.29, 0.717) is 17.0 Å². The molecule has 0 spiro atoms. The molecule has 0 unspecified atom stereocenters. The molecule has 1 aromatic carbocycles. The van der Waals surface area contributed by atoms with Crippen molar-refractivity contribution in [3.63, 3.8) is 0 Å². The number of ether oxygens (including phenoxy) is 1. The van der Waals surface area contributed by atoms with Gasteiger partial charge < -0.3 is 9.14 Å². The maximum absolute atomic E-state index is 11.5. The van der Waals surface area contributed by atoms with Crippen molar-refractivity contribution in [3.05, 3.63) is 70.8 Å². The average Bonchev–Trinajstić information content (AvgIpc) is 2.89. The predicted molar refractivity (Wildman–Crippen MR) is 80.8 cm³/mol. The summed E-state index contributed by atoms with van der Waals surface area (Å²) in [5, 5.41) is 0.710. The van der Waals surface area contributed by atoms with Crippen LogP contribution in [0.4, 0.5) is 0 Å². The Bertz CT molecular complexity index is 811. The first-order valence-electron chi connectivity index (χ1n) is 6.46. The van der Waals surface area contributed by atoms with Gasteiger partial charge >= 0.3 is 5.97 Å². The van der Waals surface area contributed by atoms with Gasteiger partial charge in [0.2, 0.25) is 0 Å². The third-order valence-electron chi connectivity index (χ3n) is 3.28. The molecule has 0 aliphatic heterocycles. The van der Waals surface area contributed by atoms with Crippen LogP contribution in [0.25, 0.3) is 5.52 Å². The second kappa shape index (κ2) is 5.58. The lowest BCUT2D eigenvalue weighted by Crippen LogP contribution is -2.02. The molecule has 2 aromatic heterocycles. The van der Waals surface area contributed by atoms with Gasteiger partial charge in [0.25, 0.3) is 0 Å². The molecule has 21 heavy (non-hydrogen) atoms. The summed E-state index contributed by atoms with van der Waals surface area (Å²) in [4.78, 5) is 15.9. The predicted octanol–water partition coefficient (Wildman–Crippen LogP) is 3.37. The van der Waals surface area contributed by atoms with E-state index >= 15 is 0 Å². The van der Waals surface area contributed by atoms with Crippen molar-refractivity contribution in [1.29, 1.82) is 0 Å². The number of aromatic nitrogens is 2. The van der Waals surface area contributed by atoms with Crippen LogP contribution < -0.4 is 0 Å². The summed E-state index contributed by atoms with van der Waals surface area (Å²) in [6.07, 6.45) is 4.24. The molecule has 0 saturated heterocycles. The maximum atomic E-state index is 11.5. The number of halogens is 1. The standard InChI is InChI=1S/C16H13ClN2O2/c1-21-16(20)12-5-6-19-14(9-12)10-18-15(19)8-11-3-2-4-13(17)7-11/h2-7,9-10H,8H2,1H3. The number of fused-ring (bicyclic) bond motifs is 1. The van der Waals surface area contributed by atoms with Crippen molar-refractivity contribution in [2.24, 2.45) is 0 Å². The number of nitrogens with zero attached hydrogens (tertiary/aromatic N) is 2. The molecule has 5 heteroatoms. The van der Waals surface area contributed by atoms with E-state index in [1.165, 1.54) is 7.11 Å². The number of hydrogen-bond acceptors (Lipinski definition) is 3. The fraction of sp³-hybridized carbons (Fsp3) is 0.125. The highest BCUT2D eigenvalue weighted by molar-refractivity contribution is 6.30. The monoisotopic (exact) mass is 300 g/mol. The molecule has 2 heterocycles. The van der Waals surface area contributed by atoms with Gasteiger partial charge in [-0.3, -0.25) is 0 Å². The van der Waals surface area contributed by atoms with Crippen LogP contribution in [0.1, 0.15) is 21.7 Å². The number of pyridine rings is 1. The number of methoxy groups -OCH3 is 1. The molecule has 0 radical (unpaired) electrons. The van der Waals surface area contributed by atoms with Crippen LogP contribution in [0, 0.1) is 0 Å². The Hall–Kier alpha value is -2.33. The Morgan fingerprint density at radius 1 is 1.33 bits per heavy atom. The van der Waals surface area contributed by atoms with Gasteiger partial charge in [0.05, 0.1) is 24.4 Å². The Labute approximate surface area is 126 Å². The highest BCUT2D eigenvalue weighted by Gasteiger charge is 2.09. The van der Waals surface area contributed by atoms with E-state index in [1.807, 2.05) is 34.9 Å². The van der Waals surface area contributed by atoms with Crippen LogP contribution >= 0.6 is 11.6 Å². The van der Waals surface area contributed by atoms with E-state index in [1.54, 1.807) is 18.3 Å². The Balaban J connectivity index is 1.95. The first kappa shape index (κ1) is 13.6. The number of imidazole rings is 1. The normalized spacial score (nSPS) is 10.8. The van der Waals surface area contributed by atoms with Crippen molar-refractivity contribution in [1.82, 2.24) is 9.38 Å². The van der Waals surface area contributed by atoms with Crippen LogP contribution in [-0.4, -0.2) is 22.5 Å². The van der Waals surface area contributed by atoms with E-state index in [-0.39, 0.29) is 5.97 Å². The smallest absolute Gasteiger partial charge is 0.337 e. The lowest BCUT2D eigenvalue weighted by Gasteiger charge is -2.04. The van der Waals surface area contributed by atoms with Gasteiger partial charge in [-0.05, 0) is 29.8 Å². The number of hydrogen-bond donors (Lipinski definition) is 0. The van der Waals surface area contributed by atoms with Crippen LogP contribution in [0.2, 0.25) is 5.02 Å². The summed E-state index contributed by atoms with van der Waals surface area (Å²) in [5.41, 5.74) is 2.46. The molecule has 3 rings (SSSR count). The van der Waals surface area contributed by atoms with Crippen LogP contribution in [0.3, 0.4) is 0 Å². The molecule has 0 N–H and O–H groups in total. The number of carbonyl (C=O) groups excluding carboxylic acids is 1. The van der Waals surface area contributed by atoms with Crippen molar-refractivity contribution in [3.8, 4) is 0 Å². The molecule has 0 fully saturated rings. The molecule has 0 aliphatic rings.